The molecule has 1 fully saturated rings. The quantitative estimate of drug-likeness (QED) is 0.671. The molecule has 0 radical (unpaired) electrons. The second kappa shape index (κ2) is 8.44. The van der Waals surface area contributed by atoms with Gasteiger partial charge in [0.05, 0.1) is 0 Å². The second-order valence-electron chi connectivity index (χ2n) is 7.43. The van der Waals surface area contributed by atoms with Crippen LogP contribution in [0.25, 0.3) is 0 Å². The summed E-state index contributed by atoms with van der Waals surface area (Å²) in [7, 11) is 0. The van der Waals surface area contributed by atoms with E-state index in [4.69, 9.17) is 0 Å². The van der Waals surface area contributed by atoms with Crippen molar-refractivity contribution in [1.82, 2.24) is 9.88 Å². The van der Waals surface area contributed by atoms with Crippen molar-refractivity contribution in [2.45, 2.75) is 31.8 Å². The minimum absolute atomic E-state index is 0.286. The van der Waals surface area contributed by atoms with Crippen LogP contribution in [0.4, 0.5) is 11.5 Å². The lowest BCUT2D eigenvalue weighted by atomic mass is 9.98. The maximum atomic E-state index is 9.99. The van der Waals surface area contributed by atoms with Gasteiger partial charge < -0.3 is 10.0 Å². The average Bonchev–Trinajstić information content (AvgIpc) is 2.75. The monoisotopic (exact) mass is 373 g/mol. The molecule has 1 saturated heterocycles. The van der Waals surface area contributed by atoms with E-state index in [1.165, 1.54) is 5.56 Å². The third-order valence-electron chi connectivity index (χ3n) is 5.70. The summed E-state index contributed by atoms with van der Waals surface area (Å²) in [5.41, 5.74) is 2.36. The molecular weight excluding hydrogens is 346 g/mol. The molecule has 1 aliphatic rings. The van der Waals surface area contributed by atoms with Gasteiger partial charge in [-0.25, -0.2) is 4.98 Å². The van der Waals surface area contributed by atoms with Crippen LogP contribution in [-0.2, 0) is 0 Å². The molecule has 1 aromatic heterocycles. The van der Waals surface area contributed by atoms with E-state index in [2.05, 4.69) is 52.0 Å². The highest BCUT2D eigenvalue weighted by molar-refractivity contribution is 5.62. The van der Waals surface area contributed by atoms with Crippen molar-refractivity contribution < 1.29 is 5.11 Å². The Morgan fingerprint density at radius 2 is 1.71 bits per heavy atom. The largest absolute Gasteiger partial charge is 0.508 e. The Kier molecular flexibility index (Phi) is 5.58. The number of pyridine rings is 1. The molecular formula is C24H27N3O. The number of nitrogens with zero attached hydrogens (tertiary/aromatic N) is 3. The number of piperidine rings is 1. The van der Waals surface area contributed by atoms with Gasteiger partial charge >= 0.3 is 0 Å². The SMILES string of the molecule is CC(c1ccccc1)N1CCC(N(c2cccc(O)c2)c2ccccn2)CC1. The Morgan fingerprint density at radius 1 is 0.964 bits per heavy atom. The third kappa shape index (κ3) is 4.02. The number of likely N-dealkylation sites (tertiary alicyclic amines) is 1. The van der Waals surface area contributed by atoms with Crippen LogP contribution in [-0.4, -0.2) is 34.1 Å². The molecule has 1 N–H and O–H groups in total. The van der Waals surface area contributed by atoms with Crippen molar-refractivity contribution in [3.05, 3.63) is 84.6 Å². The lowest BCUT2D eigenvalue weighted by Crippen LogP contribution is -2.44. The Balaban J connectivity index is 1.53. The highest BCUT2D eigenvalue weighted by Gasteiger charge is 2.29. The van der Waals surface area contributed by atoms with Gasteiger partial charge in [0.15, 0.2) is 0 Å². The average molecular weight is 374 g/mol. The number of benzene rings is 2. The zero-order valence-corrected chi connectivity index (χ0v) is 16.3. The Morgan fingerprint density at radius 3 is 2.39 bits per heavy atom. The standard InChI is InChI=1S/C24H27N3O/c1-19(20-8-3-2-4-9-20)26-16-13-21(14-17-26)27(24-12-5-6-15-25-24)22-10-7-11-23(28)18-22/h2-12,15,18-19,21,28H,13-14,16-17H2,1H3. The van der Waals surface area contributed by atoms with E-state index >= 15 is 0 Å². The first-order valence-electron chi connectivity index (χ1n) is 10.0. The van der Waals surface area contributed by atoms with Crippen molar-refractivity contribution in [2.24, 2.45) is 0 Å². The van der Waals surface area contributed by atoms with Gasteiger partial charge in [-0.1, -0.05) is 42.5 Å². The van der Waals surface area contributed by atoms with Crippen LogP contribution >= 0.6 is 0 Å². The van der Waals surface area contributed by atoms with E-state index in [9.17, 15) is 5.11 Å². The first-order chi connectivity index (χ1) is 13.7. The number of aromatic nitrogens is 1. The zero-order chi connectivity index (χ0) is 19.3. The number of aromatic hydroxyl groups is 1. The zero-order valence-electron chi connectivity index (χ0n) is 16.3. The molecule has 2 aromatic carbocycles. The van der Waals surface area contributed by atoms with Crippen LogP contribution < -0.4 is 4.90 Å². The number of phenols is 1. The summed E-state index contributed by atoms with van der Waals surface area (Å²) in [5.74, 6) is 1.22. The minimum Gasteiger partial charge on any atom is -0.508 e. The Hall–Kier alpha value is -2.85. The second-order valence-corrected chi connectivity index (χ2v) is 7.43. The summed E-state index contributed by atoms with van der Waals surface area (Å²) < 4.78 is 0. The molecule has 4 heteroatoms. The molecule has 1 unspecified atom stereocenters. The van der Waals surface area contributed by atoms with E-state index in [1.54, 1.807) is 6.07 Å². The van der Waals surface area contributed by atoms with Crippen molar-refractivity contribution >= 4 is 11.5 Å². The van der Waals surface area contributed by atoms with Crippen LogP contribution in [0.3, 0.4) is 0 Å². The fraction of sp³-hybridized carbons (Fsp3) is 0.292. The molecule has 0 aliphatic carbocycles. The highest BCUT2D eigenvalue weighted by atomic mass is 16.3. The smallest absolute Gasteiger partial charge is 0.133 e. The first-order valence-corrected chi connectivity index (χ1v) is 10.0. The Bertz CT molecular complexity index is 877. The van der Waals surface area contributed by atoms with Crippen LogP contribution in [0.15, 0.2) is 79.0 Å². The summed E-state index contributed by atoms with van der Waals surface area (Å²) in [6.07, 6.45) is 3.95. The summed E-state index contributed by atoms with van der Waals surface area (Å²) in [6.45, 7) is 4.38. The molecule has 4 nitrogen and oxygen atoms in total. The molecule has 28 heavy (non-hydrogen) atoms. The van der Waals surface area contributed by atoms with Gasteiger partial charge in [0.2, 0.25) is 0 Å². The predicted molar refractivity (Wildman–Crippen MR) is 114 cm³/mol. The third-order valence-corrected chi connectivity index (χ3v) is 5.70. The maximum absolute atomic E-state index is 9.99. The summed E-state index contributed by atoms with van der Waals surface area (Å²) in [4.78, 5) is 9.44. The predicted octanol–water partition coefficient (Wildman–Crippen LogP) is 5.15. The van der Waals surface area contributed by atoms with Crippen LogP contribution in [0.1, 0.15) is 31.4 Å². The van der Waals surface area contributed by atoms with E-state index in [0.717, 1.165) is 37.4 Å². The van der Waals surface area contributed by atoms with E-state index < -0.39 is 0 Å². The summed E-state index contributed by atoms with van der Waals surface area (Å²) in [5, 5.41) is 9.99. The minimum atomic E-state index is 0.286. The van der Waals surface area contributed by atoms with Crippen LogP contribution in [0.2, 0.25) is 0 Å². The molecule has 4 rings (SSSR count). The number of hydrogen-bond donors (Lipinski definition) is 1. The molecule has 1 atom stereocenters. The number of anilines is 2. The first kappa shape index (κ1) is 18.5. The molecule has 0 spiro atoms. The lowest BCUT2D eigenvalue weighted by molar-refractivity contribution is 0.163. The summed E-state index contributed by atoms with van der Waals surface area (Å²) in [6, 6.07) is 25.0. The van der Waals surface area contributed by atoms with Gasteiger partial charge in [-0.3, -0.25) is 4.90 Å². The van der Waals surface area contributed by atoms with Gasteiger partial charge in [0.25, 0.3) is 0 Å². The van der Waals surface area contributed by atoms with Crippen LogP contribution in [0, 0.1) is 0 Å². The fourth-order valence-electron chi connectivity index (χ4n) is 4.14. The van der Waals surface area contributed by atoms with Crippen molar-refractivity contribution in [3.63, 3.8) is 0 Å². The van der Waals surface area contributed by atoms with E-state index in [-0.39, 0.29) is 5.75 Å². The van der Waals surface area contributed by atoms with Crippen molar-refractivity contribution in [1.29, 1.82) is 0 Å². The normalized spacial score (nSPS) is 16.6. The van der Waals surface area contributed by atoms with E-state index in [0.29, 0.717) is 12.1 Å². The number of rotatable bonds is 5. The number of phenolic OH excluding ortho intramolecular Hbond substituents is 1. The molecule has 0 bridgehead atoms. The number of hydrogen-bond acceptors (Lipinski definition) is 4. The highest BCUT2D eigenvalue weighted by Crippen LogP contribution is 2.34. The molecule has 144 valence electrons. The lowest BCUT2D eigenvalue weighted by Gasteiger charge is -2.41. The molecule has 1 aliphatic heterocycles. The van der Waals surface area contributed by atoms with E-state index in [1.807, 2.05) is 42.6 Å². The Labute approximate surface area is 167 Å². The van der Waals surface area contributed by atoms with Gasteiger partial charge in [0, 0.05) is 43.1 Å². The van der Waals surface area contributed by atoms with Gasteiger partial charge in [-0.05, 0) is 49.6 Å². The molecule has 2 heterocycles. The molecule has 0 saturated carbocycles. The van der Waals surface area contributed by atoms with Gasteiger partial charge in [-0.15, -0.1) is 0 Å². The molecule has 3 aromatic rings. The van der Waals surface area contributed by atoms with Crippen molar-refractivity contribution in [2.75, 3.05) is 18.0 Å². The fourth-order valence-corrected chi connectivity index (χ4v) is 4.14. The summed E-state index contributed by atoms with van der Waals surface area (Å²) >= 11 is 0. The topological polar surface area (TPSA) is 39.6 Å². The van der Waals surface area contributed by atoms with Gasteiger partial charge in [-0.2, -0.15) is 0 Å². The molecule has 0 amide bonds. The maximum Gasteiger partial charge on any atom is 0.133 e. The van der Waals surface area contributed by atoms with Crippen LogP contribution in [0.5, 0.6) is 5.75 Å². The van der Waals surface area contributed by atoms with Gasteiger partial charge in [0.1, 0.15) is 11.6 Å². The van der Waals surface area contributed by atoms with Crippen molar-refractivity contribution in [3.8, 4) is 5.75 Å².